The number of allylic oxidation sites excluding steroid dienone is 1. The first-order chi connectivity index (χ1) is 10.4. The van der Waals surface area contributed by atoms with Gasteiger partial charge in [0.1, 0.15) is 6.04 Å². The van der Waals surface area contributed by atoms with E-state index in [-0.39, 0.29) is 17.9 Å². The molecule has 0 saturated carbocycles. The van der Waals surface area contributed by atoms with Gasteiger partial charge in [0, 0.05) is 12.6 Å². The molecule has 7 heteroatoms. The second-order valence-electron chi connectivity index (χ2n) is 5.04. The number of ether oxygens (including phenoxy) is 1. The maximum atomic E-state index is 12.7. The van der Waals surface area contributed by atoms with Gasteiger partial charge >= 0.3 is 5.97 Å². The smallest absolute Gasteiger partial charge is 0.324 e. The third-order valence-electron chi connectivity index (χ3n) is 3.53. The largest absolute Gasteiger partial charge is 0.468 e. The Hall–Kier alpha value is -2.17. The summed E-state index contributed by atoms with van der Waals surface area (Å²) in [6.45, 7) is 1.88. The number of aryl methyl sites for hydroxylation is 1. The molecule has 1 aromatic carbocycles. The summed E-state index contributed by atoms with van der Waals surface area (Å²) in [6, 6.07) is 7.34. The Morgan fingerprint density at radius 1 is 1.41 bits per heavy atom. The van der Waals surface area contributed by atoms with E-state index in [4.69, 9.17) is 5.26 Å². The highest BCUT2D eigenvalue weighted by atomic mass is 32.2. The van der Waals surface area contributed by atoms with Gasteiger partial charge in [0.05, 0.1) is 18.1 Å². The molecule has 6 nitrogen and oxygen atoms in total. The highest BCUT2D eigenvalue weighted by Crippen LogP contribution is 2.30. The number of carbonyl (C=O) groups is 1. The molecule has 1 fully saturated rings. The van der Waals surface area contributed by atoms with E-state index in [1.165, 1.54) is 25.3 Å². The van der Waals surface area contributed by atoms with Gasteiger partial charge in [-0.15, -0.1) is 0 Å². The molecule has 1 atom stereocenters. The molecule has 0 aromatic heterocycles. The molecule has 1 heterocycles. The van der Waals surface area contributed by atoms with Crippen molar-refractivity contribution in [3.8, 4) is 6.07 Å². The Bertz CT molecular complexity index is 745. The lowest BCUT2D eigenvalue weighted by Gasteiger charge is -2.21. The summed E-state index contributed by atoms with van der Waals surface area (Å²) in [5, 5.41) is 8.73. The van der Waals surface area contributed by atoms with Gasteiger partial charge in [-0.05, 0) is 31.1 Å². The second-order valence-corrected chi connectivity index (χ2v) is 6.93. The minimum atomic E-state index is -3.83. The fraction of sp³-hybridized carbons (Fsp3) is 0.333. The van der Waals surface area contributed by atoms with Crippen LogP contribution in [0.2, 0.25) is 0 Å². The molecule has 0 aliphatic carbocycles. The summed E-state index contributed by atoms with van der Waals surface area (Å²) in [4.78, 5) is 12.0. The molecule has 1 saturated heterocycles. The molecule has 1 aromatic rings. The summed E-state index contributed by atoms with van der Waals surface area (Å²) in [5.74, 6) is -0.628. The molecule has 0 radical (unpaired) electrons. The zero-order valence-electron chi connectivity index (χ0n) is 12.3. The molecule has 0 unspecified atom stereocenters. The van der Waals surface area contributed by atoms with E-state index in [9.17, 15) is 13.2 Å². The number of hydrogen-bond acceptors (Lipinski definition) is 5. The number of nitriles is 1. The number of methoxy groups -OCH3 is 1. The number of benzene rings is 1. The van der Waals surface area contributed by atoms with Crippen LogP contribution in [-0.2, 0) is 19.6 Å². The fourth-order valence-electron chi connectivity index (χ4n) is 2.36. The molecule has 22 heavy (non-hydrogen) atoms. The van der Waals surface area contributed by atoms with Crippen molar-refractivity contribution in [2.75, 3.05) is 13.7 Å². The molecule has 0 bridgehead atoms. The summed E-state index contributed by atoms with van der Waals surface area (Å²) in [6.07, 6.45) is 1.45. The van der Waals surface area contributed by atoms with E-state index in [1.54, 1.807) is 12.1 Å². The van der Waals surface area contributed by atoms with Crippen LogP contribution in [0.5, 0.6) is 0 Å². The zero-order chi connectivity index (χ0) is 16.3. The van der Waals surface area contributed by atoms with Gasteiger partial charge in [-0.25, -0.2) is 8.42 Å². The van der Waals surface area contributed by atoms with E-state index in [2.05, 4.69) is 4.74 Å². The van der Waals surface area contributed by atoms with Gasteiger partial charge in [0.25, 0.3) is 0 Å². The van der Waals surface area contributed by atoms with Gasteiger partial charge in [0.2, 0.25) is 10.0 Å². The molecule has 0 N–H and O–H groups in total. The lowest BCUT2D eigenvalue weighted by Crippen LogP contribution is -2.41. The average molecular weight is 320 g/mol. The van der Waals surface area contributed by atoms with Crippen molar-refractivity contribution in [2.24, 2.45) is 0 Å². The third-order valence-corrected chi connectivity index (χ3v) is 5.40. The molecular weight excluding hydrogens is 304 g/mol. The van der Waals surface area contributed by atoms with E-state index in [0.717, 1.165) is 9.87 Å². The molecular formula is C15H16N2O4S. The van der Waals surface area contributed by atoms with Crippen molar-refractivity contribution in [1.29, 1.82) is 5.26 Å². The lowest BCUT2D eigenvalue weighted by molar-refractivity contribution is -0.144. The van der Waals surface area contributed by atoms with Crippen LogP contribution < -0.4 is 0 Å². The number of rotatable bonds is 3. The van der Waals surface area contributed by atoms with Crippen LogP contribution in [0.4, 0.5) is 0 Å². The third kappa shape index (κ3) is 3.03. The highest BCUT2D eigenvalue weighted by molar-refractivity contribution is 7.89. The van der Waals surface area contributed by atoms with Crippen LogP contribution in [0.3, 0.4) is 0 Å². The van der Waals surface area contributed by atoms with Gasteiger partial charge in [-0.3, -0.25) is 4.79 Å². The fourth-order valence-corrected chi connectivity index (χ4v) is 3.94. The van der Waals surface area contributed by atoms with Gasteiger partial charge < -0.3 is 4.74 Å². The Balaban J connectivity index is 2.43. The molecule has 1 aliphatic heterocycles. The summed E-state index contributed by atoms with van der Waals surface area (Å²) < 4.78 is 31.2. The molecule has 116 valence electrons. The average Bonchev–Trinajstić information content (AvgIpc) is 2.92. The Labute approximate surface area is 129 Å². The normalized spacial score (nSPS) is 20.8. The Kier molecular flexibility index (Phi) is 4.64. The first-order valence-electron chi connectivity index (χ1n) is 6.64. The summed E-state index contributed by atoms with van der Waals surface area (Å²) in [5.41, 5.74) is 1.53. The van der Waals surface area contributed by atoms with Gasteiger partial charge in [-0.1, -0.05) is 17.7 Å². The van der Waals surface area contributed by atoms with Crippen molar-refractivity contribution in [1.82, 2.24) is 4.31 Å². The predicted octanol–water partition coefficient (Wildman–Crippen LogP) is 1.38. The molecule has 1 aliphatic rings. The molecule has 0 spiro atoms. The number of nitrogens with zero attached hydrogens (tertiary/aromatic N) is 2. The first-order valence-corrected chi connectivity index (χ1v) is 8.08. The second kappa shape index (κ2) is 6.30. The number of carbonyl (C=O) groups excluding carboxylic acids is 1. The number of esters is 1. The van der Waals surface area contributed by atoms with Crippen LogP contribution >= 0.6 is 0 Å². The Morgan fingerprint density at radius 3 is 2.59 bits per heavy atom. The van der Waals surface area contributed by atoms with Gasteiger partial charge in [-0.2, -0.15) is 9.57 Å². The van der Waals surface area contributed by atoms with Gasteiger partial charge in [0.15, 0.2) is 0 Å². The maximum absolute atomic E-state index is 12.7. The number of sulfonamides is 1. The highest BCUT2D eigenvalue weighted by Gasteiger charge is 2.42. The van der Waals surface area contributed by atoms with E-state index in [1.807, 2.05) is 13.0 Å². The van der Waals surface area contributed by atoms with Crippen LogP contribution in [0, 0.1) is 18.3 Å². The minimum absolute atomic E-state index is 0.0174. The predicted molar refractivity (Wildman–Crippen MR) is 79.2 cm³/mol. The topological polar surface area (TPSA) is 87.5 Å². The molecule has 2 rings (SSSR count). The van der Waals surface area contributed by atoms with Crippen LogP contribution in [-0.4, -0.2) is 38.4 Å². The van der Waals surface area contributed by atoms with Crippen molar-refractivity contribution in [2.45, 2.75) is 24.3 Å². The minimum Gasteiger partial charge on any atom is -0.468 e. The lowest BCUT2D eigenvalue weighted by atomic mass is 10.1. The van der Waals surface area contributed by atoms with Crippen LogP contribution in [0.15, 0.2) is 40.8 Å². The van der Waals surface area contributed by atoms with Crippen molar-refractivity contribution >= 4 is 16.0 Å². The molecule has 0 amide bonds. The van der Waals surface area contributed by atoms with E-state index in [0.29, 0.717) is 5.57 Å². The Morgan fingerprint density at radius 2 is 2.05 bits per heavy atom. The number of hydrogen-bond donors (Lipinski definition) is 0. The van der Waals surface area contributed by atoms with Crippen molar-refractivity contribution < 1.29 is 17.9 Å². The first kappa shape index (κ1) is 16.2. The standard InChI is InChI=1S/C15H16N2O4S/c1-11-3-5-13(6-4-11)22(19,20)17-10-12(7-8-16)9-14(17)15(18)21-2/h3-7,14H,9-10H2,1-2H3/b12-7+/t14-/m0/s1. The van der Waals surface area contributed by atoms with E-state index >= 15 is 0 Å². The van der Waals surface area contributed by atoms with E-state index < -0.39 is 22.0 Å². The van der Waals surface area contributed by atoms with Crippen LogP contribution in [0.1, 0.15) is 12.0 Å². The van der Waals surface area contributed by atoms with Crippen LogP contribution in [0.25, 0.3) is 0 Å². The maximum Gasteiger partial charge on any atom is 0.324 e. The zero-order valence-corrected chi connectivity index (χ0v) is 13.1. The monoisotopic (exact) mass is 320 g/mol. The van der Waals surface area contributed by atoms with Crippen molar-refractivity contribution in [3.63, 3.8) is 0 Å². The quantitative estimate of drug-likeness (QED) is 0.620. The summed E-state index contributed by atoms with van der Waals surface area (Å²) in [7, 11) is -2.62. The van der Waals surface area contributed by atoms with Crippen molar-refractivity contribution in [3.05, 3.63) is 41.5 Å². The summed E-state index contributed by atoms with van der Waals surface area (Å²) >= 11 is 0. The SMILES string of the molecule is COC(=O)[C@@H]1C/C(=C\C#N)CN1S(=O)(=O)c1ccc(C)cc1.